The molecule has 106 valence electrons. The van der Waals surface area contributed by atoms with Crippen LogP contribution in [0.4, 0.5) is 0 Å². The minimum atomic E-state index is -0.916. The zero-order valence-corrected chi connectivity index (χ0v) is 12.5. The highest BCUT2D eigenvalue weighted by Gasteiger charge is 2.20. The molecule has 1 rings (SSSR count). The molecule has 1 aromatic heterocycles. The van der Waals surface area contributed by atoms with Gasteiger partial charge in [-0.25, -0.2) is 4.79 Å². The van der Waals surface area contributed by atoms with Gasteiger partial charge in [0.05, 0.1) is 5.56 Å². The molecule has 0 saturated heterocycles. The van der Waals surface area contributed by atoms with Crippen LogP contribution < -0.4 is 0 Å². The molecule has 19 heavy (non-hydrogen) atoms. The predicted molar refractivity (Wildman–Crippen MR) is 74.8 cm³/mol. The first-order valence-corrected chi connectivity index (χ1v) is 7.11. The van der Waals surface area contributed by atoms with Crippen molar-refractivity contribution in [2.45, 2.75) is 52.1 Å². The number of ether oxygens (including phenoxy) is 1. The molecule has 1 unspecified atom stereocenters. The number of hydrogen-bond donors (Lipinski definition) is 1. The molecular weight excluding hydrogens is 264 g/mol. The summed E-state index contributed by atoms with van der Waals surface area (Å²) in [6.45, 7) is 7.42. The Morgan fingerprint density at radius 2 is 2.05 bits per heavy atom. The fourth-order valence-corrected chi connectivity index (χ4v) is 2.72. The quantitative estimate of drug-likeness (QED) is 0.838. The molecule has 0 aliphatic rings. The lowest BCUT2D eigenvalue weighted by Crippen LogP contribution is -2.23. The van der Waals surface area contributed by atoms with Gasteiger partial charge in [-0.15, -0.1) is 11.3 Å². The highest BCUT2D eigenvalue weighted by molar-refractivity contribution is 7.10. The van der Waals surface area contributed by atoms with Crippen LogP contribution in [0.5, 0.6) is 0 Å². The summed E-state index contributed by atoms with van der Waals surface area (Å²) in [5, 5.41) is 10.8. The number of hydrogen-bond acceptors (Lipinski definition) is 4. The van der Waals surface area contributed by atoms with Gasteiger partial charge in [-0.05, 0) is 44.6 Å². The predicted octanol–water partition coefficient (Wildman–Crippen LogP) is 3.67. The normalized spacial score (nSPS) is 13.1. The highest BCUT2D eigenvalue weighted by atomic mass is 32.1. The van der Waals surface area contributed by atoms with E-state index in [9.17, 15) is 9.59 Å². The van der Waals surface area contributed by atoms with Crippen molar-refractivity contribution in [3.05, 3.63) is 21.9 Å². The summed E-state index contributed by atoms with van der Waals surface area (Å²) in [5.74, 6) is -1.12. The van der Waals surface area contributed by atoms with E-state index in [-0.39, 0.29) is 11.9 Å². The van der Waals surface area contributed by atoms with Crippen molar-refractivity contribution < 1.29 is 19.4 Å². The third kappa shape index (κ3) is 5.03. The summed E-state index contributed by atoms with van der Waals surface area (Å²) in [7, 11) is 0. The average Bonchev–Trinajstić information content (AvgIpc) is 2.72. The summed E-state index contributed by atoms with van der Waals surface area (Å²) < 4.78 is 5.23. The Morgan fingerprint density at radius 3 is 2.58 bits per heavy atom. The molecule has 5 heteroatoms. The number of thiophene rings is 1. The SMILES string of the molecule is CC(CCC(=O)OC(C)(C)C)c1sccc1C(=O)O. The van der Waals surface area contributed by atoms with Crippen LogP contribution in [0.1, 0.15) is 61.7 Å². The lowest BCUT2D eigenvalue weighted by molar-refractivity contribution is -0.155. The summed E-state index contributed by atoms with van der Waals surface area (Å²) in [5.41, 5.74) is -0.142. The molecule has 0 aliphatic heterocycles. The van der Waals surface area contributed by atoms with Gasteiger partial charge in [-0.2, -0.15) is 0 Å². The summed E-state index contributed by atoms with van der Waals surface area (Å²) in [4.78, 5) is 23.5. The van der Waals surface area contributed by atoms with E-state index < -0.39 is 11.6 Å². The Bertz CT molecular complexity index is 456. The molecular formula is C14H20O4S. The van der Waals surface area contributed by atoms with Gasteiger partial charge < -0.3 is 9.84 Å². The highest BCUT2D eigenvalue weighted by Crippen LogP contribution is 2.29. The second-order valence-electron chi connectivity index (χ2n) is 5.53. The zero-order chi connectivity index (χ0) is 14.6. The molecule has 0 saturated carbocycles. The molecule has 1 N–H and O–H groups in total. The standard InChI is InChI=1S/C14H20O4S/c1-9(5-6-11(15)18-14(2,3)4)12-10(13(16)17)7-8-19-12/h7-9H,5-6H2,1-4H3,(H,16,17). The first-order chi connectivity index (χ1) is 8.70. The van der Waals surface area contributed by atoms with E-state index in [1.165, 1.54) is 11.3 Å². The van der Waals surface area contributed by atoms with Crippen LogP contribution in [0.15, 0.2) is 11.4 Å². The van der Waals surface area contributed by atoms with Gasteiger partial charge in [0, 0.05) is 11.3 Å². The molecule has 1 aromatic rings. The van der Waals surface area contributed by atoms with Crippen LogP contribution >= 0.6 is 11.3 Å². The number of aromatic carboxylic acids is 1. The minimum Gasteiger partial charge on any atom is -0.478 e. The van der Waals surface area contributed by atoms with Gasteiger partial charge in [-0.3, -0.25) is 4.79 Å². The van der Waals surface area contributed by atoms with E-state index in [1.54, 1.807) is 11.4 Å². The average molecular weight is 284 g/mol. The maximum absolute atomic E-state index is 11.6. The second-order valence-corrected chi connectivity index (χ2v) is 6.48. The summed E-state index contributed by atoms with van der Waals surface area (Å²) in [6.07, 6.45) is 0.894. The van der Waals surface area contributed by atoms with Crippen LogP contribution in [0, 0.1) is 0 Å². The molecule has 0 aromatic carbocycles. The number of esters is 1. The fraction of sp³-hybridized carbons (Fsp3) is 0.571. The first kappa shape index (κ1) is 15.7. The maximum Gasteiger partial charge on any atom is 0.336 e. The second kappa shape index (κ2) is 6.19. The Morgan fingerprint density at radius 1 is 1.42 bits per heavy atom. The van der Waals surface area contributed by atoms with E-state index in [4.69, 9.17) is 9.84 Å². The van der Waals surface area contributed by atoms with Crippen LogP contribution in [-0.2, 0) is 9.53 Å². The third-order valence-electron chi connectivity index (χ3n) is 2.57. The molecule has 0 fully saturated rings. The van der Waals surface area contributed by atoms with Gasteiger partial charge in [0.15, 0.2) is 0 Å². The van der Waals surface area contributed by atoms with E-state index >= 15 is 0 Å². The van der Waals surface area contributed by atoms with E-state index in [2.05, 4.69) is 0 Å². The van der Waals surface area contributed by atoms with Crippen molar-refractivity contribution in [1.82, 2.24) is 0 Å². The fourth-order valence-electron chi connectivity index (χ4n) is 1.74. The van der Waals surface area contributed by atoms with E-state index in [0.29, 0.717) is 18.4 Å². The van der Waals surface area contributed by atoms with Crippen LogP contribution in [0.3, 0.4) is 0 Å². The molecule has 0 amide bonds. The molecule has 0 radical (unpaired) electrons. The Hall–Kier alpha value is -1.36. The summed E-state index contributed by atoms with van der Waals surface area (Å²) >= 11 is 1.42. The molecule has 0 bridgehead atoms. The number of carboxylic acids is 1. The van der Waals surface area contributed by atoms with E-state index in [0.717, 1.165) is 4.88 Å². The lowest BCUT2D eigenvalue weighted by atomic mass is 10.0. The molecule has 0 spiro atoms. The third-order valence-corrected chi connectivity index (χ3v) is 3.72. The van der Waals surface area contributed by atoms with Crippen molar-refractivity contribution in [2.24, 2.45) is 0 Å². The summed E-state index contributed by atoms with van der Waals surface area (Å²) in [6, 6.07) is 1.60. The largest absolute Gasteiger partial charge is 0.478 e. The van der Waals surface area contributed by atoms with Crippen LogP contribution in [-0.4, -0.2) is 22.6 Å². The van der Waals surface area contributed by atoms with E-state index in [1.807, 2.05) is 27.7 Å². The van der Waals surface area contributed by atoms with Crippen LogP contribution in [0.25, 0.3) is 0 Å². The topological polar surface area (TPSA) is 63.6 Å². The van der Waals surface area contributed by atoms with Crippen molar-refractivity contribution in [2.75, 3.05) is 0 Å². The van der Waals surface area contributed by atoms with Gasteiger partial charge in [0.25, 0.3) is 0 Å². The van der Waals surface area contributed by atoms with Crippen molar-refractivity contribution in [3.8, 4) is 0 Å². The zero-order valence-electron chi connectivity index (χ0n) is 11.7. The van der Waals surface area contributed by atoms with Gasteiger partial charge in [0.1, 0.15) is 5.60 Å². The number of carbonyl (C=O) groups excluding carboxylic acids is 1. The lowest BCUT2D eigenvalue weighted by Gasteiger charge is -2.20. The van der Waals surface area contributed by atoms with Gasteiger partial charge in [0.2, 0.25) is 0 Å². The number of carboxylic acid groups (broad SMARTS) is 1. The van der Waals surface area contributed by atoms with Crippen LogP contribution in [0.2, 0.25) is 0 Å². The Kier molecular flexibility index (Phi) is 5.11. The minimum absolute atomic E-state index is 0.0404. The van der Waals surface area contributed by atoms with Gasteiger partial charge >= 0.3 is 11.9 Å². The molecule has 4 nitrogen and oxygen atoms in total. The van der Waals surface area contributed by atoms with Crippen molar-refractivity contribution in [3.63, 3.8) is 0 Å². The molecule has 1 heterocycles. The molecule has 0 aliphatic carbocycles. The Labute approximate surface area is 117 Å². The van der Waals surface area contributed by atoms with Crippen molar-refractivity contribution in [1.29, 1.82) is 0 Å². The smallest absolute Gasteiger partial charge is 0.336 e. The number of rotatable bonds is 5. The first-order valence-electron chi connectivity index (χ1n) is 6.23. The number of carbonyl (C=O) groups is 2. The van der Waals surface area contributed by atoms with Gasteiger partial charge in [-0.1, -0.05) is 6.92 Å². The maximum atomic E-state index is 11.6. The van der Waals surface area contributed by atoms with Crippen molar-refractivity contribution >= 4 is 23.3 Å². The Balaban J connectivity index is 2.56. The molecule has 1 atom stereocenters. The monoisotopic (exact) mass is 284 g/mol.